The van der Waals surface area contributed by atoms with Crippen LogP contribution in [0.15, 0.2) is 18.3 Å². The van der Waals surface area contributed by atoms with Gasteiger partial charge in [-0.3, -0.25) is 4.79 Å². The van der Waals surface area contributed by atoms with Crippen LogP contribution in [0.5, 0.6) is 0 Å². The minimum atomic E-state index is -0.119. The van der Waals surface area contributed by atoms with Crippen molar-refractivity contribution >= 4 is 33.1 Å². The summed E-state index contributed by atoms with van der Waals surface area (Å²) in [6.07, 6.45) is 6.29. The van der Waals surface area contributed by atoms with Crippen molar-refractivity contribution in [1.29, 1.82) is 0 Å². The lowest BCUT2D eigenvalue weighted by Gasteiger charge is -2.22. The lowest BCUT2D eigenvalue weighted by Crippen LogP contribution is -2.29. The second-order valence-corrected chi connectivity index (χ2v) is 6.23. The van der Waals surface area contributed by atoms with Gasteiger partial charge in [0.2, 0.25) is 0 Å². The number of thiophene rings is 1. The van der Waals surface area contributed by atoms with Crippen molar-refractivity contribution in [3.63, 3.8) is 0 Å². The number of carbonyl (C=O) groups is 1. The molecule has 0 spiro atoms. The topological polar surface area (TPSA) is 77.2 Å². The normalized spacial score (nSPS) is 18.8. The van der Waals surface area contributed by atoms with E-state index in [9.17, 15) is 4.79 Å². The molecule has 2 aromatic heterocycles. The van der Waals surface area contributed by atoms with Gasteiger partial charge >= 0.3 is 0 Å². The zero-order chi connectivity index (χ0) is 14.7. The number of nitrogen functional groups attached to an aromatic ring is 1. The number of fused-ring (bicyclic) bond motifs is 1. The van der Waals surface area contributed by atoms with Gasteiger partial charge in [-0.05, 0) is 37.8 Å². The van der Waals surface area contributed by atoms with Crippen molar-refractivity contribution in [2.45, 2.75) is 31.8 Å². The van der Waals surface area contributed by atoms with Crippen LogP contribution in [0.4, 0.5) is 5.69 Å². The van der Waals surface area contributed by atoms with Crippen molar-refractivity contribution in [2.75, 3.05) is 18.9 Å². The quantitative estimate of drug-likeness (QED) is 0.910. The van der Waals surface area contributed by atoms with Gasteiger partial charge in [-0.15, -0.1) is 11.3 Å². The van der Waals surface area contributed by atoms with Gasteiger partial charge in [-0.25, -0.2) is 4.98 Å². The number of hydrogen-bond acceptors (Lipinski definition) is 5. The lowest BCUT2D eigenvalue weighted by atomic mass is 10.1. The summed E-state index contributed by atoms with van der Waals surface area (Å²) in [5.41, 5.74) is 6.56. The van der Waals surface area contributed by atoms with Crippen LogP contribution in [-0.4, -0.2) is 30.1 Å². The van der Waals surface area contributed by atoms with E-state index in [0.29, 0.717) is 17.1 Å². The summed E-state index contributed by atoms with van der Waals surface area (Å²) in [5, 5.41) is 3.78. The zero-order valence-electron chi connectivity index (χ0n) is 11.8. The van der Waals surface area contributed by atoms with Crippen molar-refractivity contribution in [3.8, 4) is 0 Å². The molecule has 0 aliphatic carbocycles. The van der Waals surface area contributed by atoms with Gasteiger partial charge in [0.05, 0.1) is 11.8 Å². The van der Waals surface area contributed by atoms with Gasteiger partial charge < -0.3 is 15.8 Å². The molecule has 1 aliphatic rings. The van der Waals surface area contributed by atoms with Gasteiger partial charge in [0.25, 0.3) is 5.91 Å². The standard InChI is InChI=1S/C15H19N3O2S/c16-12-11-5-3-7-18-15(11)21-13(12)14(19)17-8-6-10-4-1-2-9-20-10/h3,5,7,10H,1-2,4,6,8-9,16H2,(H,17,19). The Kier molecular flexibility index (Phi) is 4.36. The summed E-state index contributed by atoms with van der Waals surface area (Å²) in [5.74, 6) is -0.119. The second-order valence-electron chi connectivity index (χ2n) is 5.23. The van der Waals surface area contributed by atoms with Crippen LogP contribution in [-0.2, 0) is 4.74 Å². The molecule has 3 N–H and O–H groups in total. The van der Waals surface area contributed by atoms with Gasteiger partial charge in [-0.1, -0.05) is 0 Å². The minimum Gasteiger partial charge on any atom is -0.397 e. The first-order valence-corrected chi connectivity index (χ1v) is 8.10. The largest absolute Gasteiger partial charge is 0.397 e. The Balaban J connectivity index is 1.60. The maximum Gasteiger partial charge on any atom is 0.263 e. The molecule has 0 saturated carbocycles. The second kappa shape index (κ2) is 6.41. The molecular weight excluding hydrogens is 286 g/mol. The van der Waals surface area contributed by atoms with Crippen molar-refractivity contribution in [2.24, 2.45) is 0 Å². The minimum absolute atomic E-state index is 0.119. The van der Waals surface area contributed by atoms with Crippen molar-refractivity contribution in [1.82, 2.24) is 10.3 Å². The Morgan fingerprint density at radius 3 is 3.19 bits per heavy atom. The van der Waals surface area contributed by atoms with Crippen LogP contribution in [0, 0.1) is 0 Å². The van der Waals surface area contributed by atoms with E-state index in [1.807, 2.05) is 12.1 Å². The van der Waals surface area contributed by atoms with Crippen LogP contribution >= 0.6 is 11.3 Å². The van der Waals surface area contributed by atoms with Gasteiger partial charge in [-0.2, -0.15) is 0 Å². The average Bonchev–Trinajstić information content (AvgIpc) is 2.86. The molecule has 1 fully saturated rings. The highest BCUT2D eigenvalue weighted by Gasteiger charge is 2.18. The molecule has 112 valence electrons. The Bertz CT molecular complexity index is 635. The number of aromatic nitrogens is 1. The third-order valence-corrected chi connectivity index (χ3v) is 4.86. The summed E-state index contributed by atoms with van der Waals surface area (Å²) < 4.78 is 5.65. The van der Waals surface area contributed by atoms with Crippen molar-refractivity contribution < 1.29 is 9.53 Å². The number of nitrogens with one attached hydrogen (secondary N) is 1. The highest BCUT2D eigenvalue weighted by atomic mass is 32.1. The fraction of sp³-hybridized carbons (Fsp3) is 0.467. The Hall–Kier alpha value is -1.66. The molecule has 1 aliphatic heterocycles. The molecule has 1 atom stereocenters. The summed E-state index contributed by atoms with van der Waals surface area (Å²) >= 11 is 1.34. The average molecular weight is 305 g/mol. The van der Waals surface area contributed by atoms with Gasteiger partial charge in [0.15, 0.2) is 0 Å². The van der Waals surface area contributed by atoms with E-state index in [4.69, 9.17) is 10.5 Å². The van der Waals surface area contributed by atoms with Crippen LogP contribution < -0.4 is 11.1 Å². The molecule has 3 rings (SSSR count). The van der Waals surface area contributed by atoms with E-state index in [-0.39, 0.29) is 12.0 Å². The van der Waals surface area contributed by atoms with E-state index < -0.39 is 0 Å². The first-order valence-electron chi connectivity index (χ1n) is 7.28. The number of pyridine rings is 1. The lowest BCUT2D eigenvalue weighted by molar-refractivity contribution is 0.0117. The number of ether oxygens (including phenoxy) is 1. The number of amides is 1. The first-order chi connectivity index (χ1) is 10.3. The molecule has 0 radical (unpaired) electrons. The fourth-order valence-corrected chi connectivity index (χ4v) is 3.56. The van der Waals surface area contributed by atoms with E-state index in [1.54, 1.807) is 6.20 Å². The van der Waals surface area contributed by atoms with Gasteiger partial charge in [0.1, 0.15) is 9.71 Å². The highest BCUT2D eigenvalue weighted by molar-refractivity contribution is 7.21. The van der Waals surface area contributed by atoms with Gasteiger partial charge in [0, 0.05) is 24.7 Å². The molecule has 1 saturated heterocycles. The molecule has 21 heavy (non-hydrogen) atoms. The molecule has 3 heterocycles. The zero-order valence-corrected chi connectivity index (χ0v) is 12.6. The molecular formula is C15H19N3O2S. The van der Waals surface area contributed by atoms with Crippen molar-refractivity contribution in [3.05, 3.63) is 23.2 Å². The highest BCUT2D eigenvalue weighted by Crippen LogP contribution is 2.31. The molecule has 6 heteroatoms. The SMILES string of the molecule is Nc1c(C(=O)NCCC2CCCCO2)sc2ncccc12. The number of nitrogens with two attached hydrogens (primary N) is 1. The third-order valence-electron chi connectivity index (χ3n) is 3.74. The molecule has 0 aromatic carbocycles. The summed E-state index contributed by atoms with van der Waals surface area (Å²) in [4.78, 5) is 17.8. The fourth-order valence-electron chi connectivity index (χ4n) is 2.58. The monoisotopic (exact) mass is 305 g/mol. The Morgan fingerprint density at radius 1 is 1.52 bits per heavy atom. The smallest absolute Gasteiger partial charge is 0.263 e. The first kappa shape index (κ1) is 14.3. The molecule has 0 bridgehead atoms. The predicted molar refractivity (Wildman–Crippen MR) is 84.6 cm³/mol. The van der Waals surface area contributed by atoms with E-state index in [2.05, 4.69) is 10.3 Å². The Labute approximate surface area is 127 Å². The van der Waals surface area contributed by atoms with Crippen LogP contribution in [0.2, 0.25) is 0 Å². The van der Waals surface area contributed by atoms with Crippen LogP contribution in [0.1, 0.15) is 35.4 Å². The van der Waals surface area contributed by atoms with E-state index in [0.717, 1.165) is 36.1 Å². The summed E-state index contributed by atoms with van der Waals surface area (Å²) in [6.45, 7) is 1.46. The molecule has 2 aromatic rings. The predicted octanol–water partition coefficient (Wildman–Crippen LogP) is 2.57. The summed E-state index contributed by atoms with van der Waals surface area (Å²) in [6, 6.07) is 3.72. The number of nitrogens with zero attached hydrogens (tertiary/aromatic N) is 1. The number of rotatable bonds is 4. The molecule has 1 amide bonds. The third kappa shape index (κ3) is 3.16. The van der Waals surface area contributed by atoms with E-state index >= 15 is 0 Å². The summed E-state index contributed by atoms with van der Waals surface area (Å²) in [7, 11) is 0. The maximum absolute atomic E-state index is 12.2. The maximum atomic E-state index is 12.2. The van der Waals surface area contributed by atoms with E-state index in [1.165, 1.54) is 17.8 Å². The number of hydrogen-bond donors (Lipinski definition) is 2. The molecule has 1 unspecified atom stereocenters. The number of anilines is 1. The van der Waals surface area contributed by atoms with Crippen LogP contribution in [0.3, 0.4) is 0 Å². The Morgan fingerprint density at radius 2 is 2.43 bits per heavy atom. The number of carbonyl (C=O) groups excluding carboxylic acids is 1. The van der Waals surface area contributed by atoms with Crippen LogP contribution in [0.25, 0.3) is 10.2 Å². The molecule has 5 nitrogen and oxygen atoms in total.